The Morgan fingerprint density at radius 1 is 1.10 bits per heavy atom. The highest BCUT2D eigenvalue weighted by molar-refractivity contribution is 6.16. The summed E-state index contributed by atoms with van der Waals surface area (Å²) in [5.41, 5.74) is 1.53. The molecule has 2 fully saturated rings. The van der Waals surface area contributed by atoms with Gasteiger partial charge in [-0.1, -0.05) is 25.7 Å². The van der Waals surface area contributed by atoms with Crippen molar-refractivity contribution in [2.24, 2.45) is 0 Å². The standard InChI is InChI=1S/C17H23ClN2O/c18-11-14-10-9-13(12-19-14)17(21)20(15-5-1-2-6-15)16-7-3-4-8-16/h9-10,12,15-16H,1-8,11H2. The number of hydrogen-bond acceptors (Lipinski definition) is 2. The molecule has 0 N–H and O–H groups in total. The number of carbonyl (C=O) groups is 1. The number of halogens is 1. The molecule has 0 aliphatic heterocycles. The molecular weight excluding hydrogens is 284 g/mol. The van der Waals surface area contributed by atoms with Crippen molar-refractivity contribution in [1.29, 1.82) is 0 Å². The van der Waals surface area contributed by atoms with E-state index >= 15 is 0 Å². The molecule has 3 nitrogen and oxygen atoms in total. The number of pyridine rings is 1. The Hall–Kier alpha value is -1.09. The van der Waals surface area contributed by atoms with Crippen LogP contribution in [0.5, 0.6) is 0 Å². The van der Waals surface area contributed by atoms with Crippen molar-refractivity contribution in [2.75, 3.05) is 0 Å². The highest BCUT2D eigenvalue weighted by Gasteiger charge is 2.34. The molecule has 1 amide bonds. The summed E-state index contributed by atoms with van der Waals surface area (Å²) >= 11 is 5.77. The fourth-order valence-corrected chi connectivity index (χ4v) is 3.93. The van der Waals surface area contributed by atoms with Gasteiger partial charge in [0, 0.05) is 18.3 Å². The molecule has 1 aromatic heterocycles. The van der Waals surface area contributed by atoms with Crippen LogP contribution in [0.4, 0.5) is 0 Å². The van der Waals surface area contributed by atoms with Crippen LogP contribution in [0.1, 0.15) is 67.4 Å². The Labute approximate surface area is 131 Å². The van der Waals surface area contributed by atoms with Crippen molar-refractivity contribution >= 4 is 17.5 Å². The first-order valence-electron chi connectivity index (χ1n) is 8.13. The van der Waals surface area contributed by atoms with E-state index in [-0.39, 0.29) is 5.91 Å². The monoisotopic (exact) mass is 306 g/mol. The van der Waals surface area contributed by atoms with Crippen LogP contribution in [-0.2, 0) is 5.88 Å². The van der Waals surface area contributed by atoms with E-state index in [9.17, 15) is 4.79 Å². The smallest absolute Gasteiger partial charge is 0.255 e. The fraction of sp³-hybridized carbons (Fsp3) is 0.647. The Morgan fingerprint density at radius 3 is 2.10 bits per heavy atom. The predicted octanol–water partition coefficient (Wildman–Crippen LogP) is 4.15. The molecule has 0 radical (unpaired) electrons. The minimum Gasteiger partial charge on any atom is -0.333 e. The average Bonchev–Trinajstić information content (AvgIpc) is 3.21. The number of rotatable bonds is 4. The summed E-state index contributed by atoms with van der Waals surface area (Å²) in [4.78, 5) is 19.4. The second-order valence-electron chi connectivity index (χ2n) is 6.26. The molecule has 0 aromatic carbocycles. The quantitative estimate of drug-likeness (QED) is 0.783. The van der Waals surface area contributed by atoms with E-state index in [0.29, 0.717) is 23.5 Å². The normalized spacial score (nSPS) is 20.0. The Bertz CT molecular complexity index is 460. The maximum atomic E-state index is 13.0. The first-order chi connectivity index (χ1) is 10.3. The topological polar surface area (TPSA) is 33.2 Å². The largest absolute Gasteiger partial charge is 0.333 e. The first-order valence-corrected chi connectivity index (χ1v) is 8.66. The zero-order valence-corrected chi connectivity index (χ0v) is 13.2. The molecule has 1 aromatic rings. The number of carbonyl (C=O) groups excluding carboxylic acids is 1. The Balaban J connectivity index is 1.81. The summed E-state index contributed by atoms with van der Waals surface area (Å²) in [7, 11) is 0. The minimum atomic E-state index is 0.169. The lowest BCUT2D eigenvalue weighted by Gasteiger charge is -2.34. The van der Waals surface area contributed by atoms with E-state index in [4.69, 9.17) is 11.6 Å². The van der Waals surface area contributed by atoms with Gasteiger partial charge in [0.1, 0.15) is 0 Å². The van der Waals surface area contributed by atoms with Gasteiger partial charge >= 0.3 is 0 Å². The Kier molecular flexibility index (Phi) is 4.79. The SMILES string of the molecule is O=C(c1ccc(CCl)nc1)N(C1CCCC1)C1CCCC1. The number of amides is 1. The average molecular weight is 307 g/mol. The second-order valence-corrected chi connectivity index (χ2v) is 6.53. The van der Waals surface area contributed by atoms with E-state index in [1.54, 1.807) is 6.20 Å². The van der Waals surface area contributed by atoms with Gasteiger partial charge in [-0.25, -0.2) is 0 Å². The lowest BCUT2D eigenvalue weighted by molar-refractivity contribution is 0.0580. The molecule has 0 bridgehead atoms. The maximum Gasteiger partial charge on any atom is 0.255 e. The van der Waals surface area contributed by atoms with Crippen molar-refractivity contribution in [2.45, 2.75) is 69.3 Å². The van der Waals surface area contributed by atoms with Crippen LogP contribution in [0.25, 0.3) is 0 Å². The van der Waals surface area contributed by atoms with E-state index in [1.165, 1.54) is 25.7 Å². The van der Waals surface area contributed by atoms with Crippen molar-refractivity contribution in [3.8, 4) is 0 Å². The molecule has 2 aliphatic carbocycles. The minimum absolute atomic E-state index is 0.169. The van der Waals surface area contributed by atoms with E-state index in [0.717, 1.165) is 31.4 Å². The molecular formula is C17H23ClN2O. The molecule has 2 saturated carbocycles. The van der Waals surface area contributed by atoms with Crippen LogP contribution in [0.3, 0.4) is 0 Å². The molecule has 3 rings (SSSR count). The van der Waals surface area contributed by atoms with Gasteiger partial charge in [0.2, 0.25) is 0 Å². The van der Waals surface area contributed by atoms with Gasteiger partial charge in [-0.15, -0.1) is 11.6 Å². The second kappa shape index (κ2) is 6.78. The summed E-state index contributed by atoms with van der Waals surface area (Å²) in [6, 6.07) is 4.62. The van der Waals surface area contributed by atoms with Gasteiger partial charge in [-0.3, -0.25) is 9.78 Å². The first kappa shape index (κ1) is 14.8. The van der Waals surface area contributed by atoms with Crippen molar-refractivity contribution in [3.63, 3.8) is 0 Å². The molecule has 4 heteroatoms. The number of nitrogens with zero attached hydrogens (tertiary/aromatic N) is 2. The van der Waals surface area contributed by atoms with Gasteiger partial charge < -0.3 is 4.90 Å². The molecule has 0 saturated heterocycles. The highest BCUT2D eigenvalue weighted by Crippen LogP contribution is 2.32. The lowest BCUT2D eigenvalue weighted by atomic mass is 10.1. The molecule has 1 heterocycles. The molecule has 2 aliphatic rings. The van der Waals surface area contributed by atoms with Gasteiger partial charge in [0.15, 0.2) is 0 Å². The van der Waals surface area contributed by atoms with Crippen molar-refractivity contribution < 1.29 is 4.79 Å². The summed E-state index contributed by atoms with van der Waals surface area (Å²) in [6.45, 7) is 0. The van der Waals surface area contributed by atoms with E-state index < -0.39 is 0 Å². The van der Waals surface area contributed by atoms with Crippen molar-refractivity contribution in [3.05, 3.63) is 29.6 Å². The zero-order chi connectivity index (χ0) is 14.7. The van der Waals surface area contributed by atoms with Crippen LogP contribution in [0.2, 0.25) is 0 Å². The molecule has 21 heavy (non-hydrogen) atoms. The number of aromatic nitrogens is 1. The zero-order valence-electron chi connectivity index (χ0n) is 12.4. The third-order valence-corrected chi connectivity index (χ3v) is 5.15. The third kappa shape index (κ3) is 3.23. The molecule has 0 spiro atoms. The van der Waals surface area contributed by atoms with Crippen molar-refractivity contribution in [1.82, 2.24) is 9.88 Å². The van der Waals surface area contributed by atoms with Crippen LogP contribution in [0, 0.1) is 0 Å². The fourth-order valence-electron chi connectivity index (χ4n) is 3.77. The van der Waals surface area contributed by atoms with Gasteiger partial charge in [0.25, 0.3) is 5.91 Å². The maximum absolute atomic E-state index is 13.0. The van der Waals surface area contributed by atoms with Gasteiger partial charge in [-0.05, 0) is 37.8 Å². The highest BCUT2D eigenvalue weighted by atomic mass is 35.5. The summed E-state index contributed by atoms with van der Waals surface area (Å²) in [6.07, 6.45) is 11.4. The Morgan fingerprint density at radius 2 is 1.67 bits per heavy atom. The van der Waals surface area contributed by atoms with E-state index in [1.807, 2.05) is 12.1 Å². The lowest BCUT2D eigenvalue weighted by Crippen LogP contribution is -2.45. The van der Waals surface area contributed by atoms with Crippen LogP contribution in [0.15, 0.2) is 18.3 Å². The summed E-state index contributed by atoms with van der Waals surface area (Å²) in [5.74, 6) is 0.561. The number of hydrogen-bond donors (Lipinski definition) is 0. The van der Waals surface area contributed by atoms with Crippen LogP contribution in [-0.4, -0.2) is 27.9 Å². The van der Waals surface area contributed by atoms with Gasteiger partial charge in [0.05, 0.1) is 17.1 Å². The van der Waals surface area contributed by atoms with E-state index in [2.05, 4.69) is 9.88 Å². The third-order valence-electron chi connectivity index (χ3n) is 4.88. The molecule has 114 valence electrons. The molecule has 0 atom stereocenters. The van der Waals surface area contributed by atoms with Gasteiger partial charge in [-0.2, -0.15) is 0 Å². The molecule has 0 unspecified atom stereocenters. The summed E-state index contributed by atoms with van der Waals surface area (Å²) < 4.78 is 0. The summed E-state index contributed by atoms with van der Waals surface area (Å²) in [5, 5.41) is 0. The van der Waals surface area contributed by atoms with Crippen LogP contribution >= 0.6 is 11.6 Å². The van der Waals surface area contributed by atoms with Crippen LogP contribution < -0.4 is 0 Å². The predicted molar refractivity (Wildman–Crippen MR) is 84.5 cm³/mol. The number of alkyl halides is 1.